The Balaban J connectivity index is 2.50. The Hall–Kier alpha value is -1.59. The molecular formula is C11H14N2O3. The maximum Gasteiger partial charge on any atom is 0.419 e. The lowest BCUT2D eigenvalue weighted by atomic mass is 10.0. The Kier molecular flexibility index (Phi) is 2.80. The highest BCUT2D eigenvalue weighted by Crippen LogP contribution is 2.19. The Bertz CT molecular complexity index is 556. The summed E-state index contributed by atoms with van der Waals surface area (Å²) < 4.78 is 6.45. The molecule has 5 heteroatoms. The maximum absolute atomic E-state index is 11.3. The van der Waals surface area contributed by atoms with E-state index in [2.05, 4.69) is 0 Å². The van der Waals surface area contributed by atoms with Crippen molar-refractivity contribution < 1.29 is 9.52 Å². The highest BCUT2D eigenvalue weighted by Gasteiger charge is 2.10. The third-order valence-corrected chi connectivity index (χ3v) is 2.68. The van der Waals surface area contributed by atoms with Gasteiger partial charge in [-0.25, -0.2) is 4.79 Å². The van der Waals surface area contributed by atoms with Gasteiger partial charge >= 0.3 is 5.76 Å². The van der Waals surface area contributed by atoms with Crippen LogP contribution in [0.5, 0.6) is 0 Å². The number of aliphatic hydroxyl groups is 1. The van der Waals surface area contributed by atoms with E-state index in [-0.39, 0.29) is 18.4 Å². The highest BCUT2D eigenvalue weighted by atomic mass is 16.4. The SMILES string of the molecule is Cn1c(=O)oc2ccc(C(N)CCO)cc21. The van der Waals surface area contributed by atoms with Gasteiger partial charge in [0, 0.05) is 19.7 Å². The first-order chi connectivity index (χ1) is 7.63. The number of hydrogen-bond donors (Lipinski definition) is 2. The van der Waals surface area contributed by atoms with Gasteiger partial charge < -0.3 is 15.3 Å². The van der Waals surface area contributed by atoms with Crippen LogP contribution in [0.15, 0.2) is 27.4 Å². The van der Waals surface area contributed by atoms with Crippen LogP contribution in [0.2, 0.25) is 0 Å². The standard InChI is InChI=1S/C11H14N2O3/c1-13-9-6-7(8(12)4-5-14)2-3-10(9)16-11(13)15/h2-3,6,8,14H,4-5,12H2,1H3. The molecule has 0 amide bonds. The molecule has 5 nitrogen and oxygen atoms in total. The van der Waals surface area contributed by atoms with Crippen molar-refractivity contribution in [1.29, 1.82) is 0 Å². The van der Waals surface area contributed by atoms with Crippen LogP contribution in [-0.2, 0) is 7.05 Å². The van der Waals surface area contributed by atoms with E-state index in [1.54, 1.807) is 13.1 Å². The number of hydrogen-bond acceptors (Lipinski definition) is 4. The van der Waals surface area contributed by atoms with Gasteiger partial charge in [-0.2, -0.15) is 0 Å². The summed E-state index contributed by atoms with van der Waals surface area (Å²) in [6, 6.07) is 5.13. The third kappa shape index (κ3) is 1.75. The number of aromatic nitrogens is 1. The lowest BCUT2D eigenvalue weighted by Crippen LogP contribution is -2.12. The molecule has 0 saturated carbocycles. The van der Waals surface area contributed by atoms with Gasteiger partial charge in [0.2, 0.25) is 0 Å². The molecule has 1 unspecified atom stereocenters. The molecule has 1 heterocycles. The van der Waals surface area contributed by atoms with Crippen LogP contribution >= 0.6 is 0 Å². The molecule has 86 valence electrons. The van der Waals surface area contributed by atoms with Crippen molar-refractivity contribution in [2.75, 3.05) is 6.61 Å². The van der Waals surface area contributed by atoms with Gasteiger partial charge in [0.25, 0.3) is 0 Å². The topological polar surface area (TPSA) is 81.4 Å². The van der Waals surface area contributed by atoms with E-state index in [1.165, 1.54) is 4.57 Å². The van der Waals surface area contributed by atoms with Crippen LogP contribution in [-0.4, -0.2) is 16.3 Å². The second-order valence-electron chi connectivity index (χ2n) is 3.77. The lowest BCUT2D eigenvalue weighted by Gasteiger charge is -2.09. The summed E-state index contributed by atoms with van der Waals surface area (Å²) in [5.74, 6) is -0.386. The number of benzene rings is 1. The average molecular weight is 222 g/mol. The van der Waals surface area contributed by atoms with Crippen LogP contribution in [0.1, 0.15) is 18.0 Å². The molecule has 1 aromatic heterocycles. The van der Waals surface area contributed by atoms with Gasteiger partial charge in [0.15, 0.2) is 5.58 Å². The first-order valence-electron chi connectivity index (χ1n) is 5.09. The van der Waals surface area contributed by atoms with E-state index in [0.717, 1.165) is 11.1 Å². The number of aryl methyl sites for hydroxylation is 1. The molecule has 2 rings (SSSR count). The smallest absolute Gasteiger partial charge is 0.408 e. The van der Waals surface area contributed by atoms with E-state index >= 15 is 0 Å². The van der Waals surface area contributed by atoms with Crippen molar-refractivity contribution >= 4 is 11.1 Å². The number of fused-ring (bicyclic) bond motifs is 1. The van der Waals surface area contributed by atoms with E-state index < -0.39 is 0 Å². The summed E-state index contributed by atoms with van der Waals surface area (Å²) in [6.07, 6.45) is 0.497. The van der Waals surface area contributed by atoms with Crippen LogP contribution in [0.25, 0.3) is 11.1 Å². The van der Waals surface area contributed by atoms with Gasteiger partial charge in [-0.05, 0) is 24.1 Å². The summed E-state index contributed by atoms with van der Waals surface area (Å²) >= 11 is 0. The molecule has 0 aliphatic carbocycles. The van der Waals surface area contributed by atoms with Crippen molar-refractivity contribution in [3.8, 4) is 0 Å². The minimum Gasteiger partial charge on any atom is -0.408 e. The fourth-order valence-electron chi connectivity index (χ4n) is 1.68. The Morgan fingerprint density at radius 1 is 1.56 bits per heavy atom. The van der Waals surface area contributed by atoms with Crippen molar-refractivity contribution in [1.82, 2.24) is 4.57 Å². The molecule has 0 spiro atoms. The van der Waals surface area contributed by atoms with Gasteiger partial charge in [-0.3, -0.25) is 4.57 Å². The molecule has 2 aromatic rings. The molecule has 0 fully saturated rings. The van der Waals surface area contributed by atoms with E-state index in [0.29, 0.717) is 12.0 Å². The van der Waals surface area contributed by atoms with Crippen LogP contribution < -0.4 is 11.5 Å². The fraction of sp³-hybridized carbons (Fsp3) is 0.364. The highest BCUT2D eigenvalue weighted by molar-refractivity contribution is 5.73. The first-order valence-corrected chi connectivity index (χ1v) is 5.09. The number of nitrogens with zero attached hydrogens (tertiary/aromatic N) is 1. The Morgan fingerprint density at radius 2 is 2.31 bits per heavy atom. The second kappa shape index (κ2) is 4.11. The Morgan fingerprint density at radius 3 is 3.00 bits per heavy atom. The molecule has 1 aromatic carbocycles. The third-order valence-electron chi connectivity index (χ3n) is 2.68. The number of oxazole rings is 1. The minimum absolute atomic E-state index is 0.0452. The predicted molar refractivity (Wildman–Crippen MR) is 60.1 cm³/mol. The van der Waals surface area contributed by atoms with E-state index in [9.17, 15) is 4.79 Å². The normalized spacial score (nSPS) is 13.2. The van der Waals surface area contributed by atoms with Crippen molar-refractivity contribution in [3.05, 3.63) is 34.3 Å². The van der Waals surface area contributed by atoms with Gasteiger partial charge in [0.1, 0.15) is 0 Å². The van der Waals surface area contributed by atoms with Crippen molar-refractivity contribution in [3.63, 3.8) is 0 Å². The second-order valence-corrected chi connectivity index (χ2v) is 3.77. The van der Waals surface area contributed by atoms with E-state index in [4.69, 9.17) is 15.3 Å². The first kappa shape index (κ1) is 10.9. The van der Waals surface area contributed by atoms with Gasteiger partial charge in [-0.1, -0.05) is 6.07 Å². The summed E-state index contributed by atoms with van der Waals surface area (Å²) in [5, 5.41) is 8.82. The van der Waals surface area contributed by atoms with Crippen LogP contribution in [0.3, 0.4) is 0 Å². The Labute approximate surface area is 92.1 Å². The predicted octanol–water partition coefficient (Wildman–Crippen LogP) is 0.514. The quantitative estimate of drug-likeness (QED) is 0.793. The zero-order valence-corrected chi connectivity index (χ0v) is 9.01. The summed E-state index contributed by atoms with van der Waals surface area (Å²) in [7, 11) is 1.65. The van der Waals surface area contributed by atoms with Gasteiger partial charge in [-0.15, -0.1) is 0 Å². The minimum atomic E-state index is -0.386. The molecule has 0 radical (unpaired) electrons. The monoisotopic (exact) mass is 222 g/mol. The fourth-order valence-corrected chi connectivity index (χ4v) is 1.68. The zero-order chi connectivity index (χ0) is 11.7. The summed E-state index contributed by atoms with van der Waals surface area (Å²) in [4.78, 5) is 11.3. The van der Waals surface area contributed by atoms with E-state index in [1.807, 2.05) is 12.1 Å². The number of nitrogens with two attached hydrogens (primary N) is 1. The molecule has 0 aliphatic heterocycles. The molecule has 3 N–H and O–H groups in total. The van der Waals surface area contributed by atoms with Gasteiger partial charge in [0.05, 0.1) is 5.52 Å². The molecule has 1 atom stereocenters. The van der Waals surface area contributed by atoms with Crippen LogP contribution in [0.4, 0.5) is 0 Å². The maximum atomic E-state index is 11.3. The molecule has 0 saturated heterocycles. The lowest BCUT2D eigenvalue weighted by molar-refractivity contribution is 0.276. The molecule has 0 aliphatic rings. The van der Waals surface area contributed by atoms with Crippen molar-refractivity contribution in [2.45, 2.75) is 12.5 Å². The zero-order valence-electron chi connectivity index (χ0n) is 9.01. The summed E-state index contributed by atoms with van der Waals surface area (Å²) in [5.41, 5.74) is 8.03. The molecular weight excluding hydrogens is 208 g/mol. The van der Waals surface area contributed by atoms with Crippen LogP contribution in [0, 0.1) is 0 Å². The summed E-state index contributed by atoms with van der Waals surface area (Å²) in [6.45, 7) is 0.0452. The number of aliphatic hydroxyl groups excluding tert-OH is 1. The average Bonchev–Trinajstić information content (AvgIpc) is 2.55. The molecule has 0 bridgehead atoms. The number of rotatable bonds is 3. The van der Waals surface area contributed by atoms with Crippen molar-refractivity contribution in [2.24, 2.45) is 12.8 Å². The molecule has 16 heavy (non-hydrogen) atoms. The largest absolute Gasteiger partial charge is 0.419 e.